The Morgan fingerprint density at radius 1 is 0.854 bits per heavy atom. The maximum atomic E-state index is 13.4. The van der Waals surface area contributed by atoms with Crippen LogP contribution in [-0.4, -0.2) is 27.0 Å². The Bertz CT molecular complexity index is 1680. The first kappa shape index (κ1) is 27.9. The minimum Gasteiger partial charge on any atom is -0.475 e. The molecule has 0 fully saturated rings. The van der Waals surface area contributed by atoms with E-state index in [4.69, 9.17) is 4.74 Å². The zero-order valence-electron chi connectivity index (χ0n) is 21.3. The molecule has 0 saturated carbocycles. The molecule has 1 aliphatic rings. The summed E-state index contributed by atoms with van der Waals surface area (Å²) in [5.74, 6) is -3.95. The summed E-state index contributed by atoms with van der Waals surface area (Å²) in [6, 6.07) is 22.9. The zero-order chi connectivity index (χ0) is 29.0. The number of carbonyl (C=O) groups is 1. The molecule has 0 unspecified atom stereocenters. The lowest BCUT2D eigenvalue weighted by atomic mass is 10.1. The van der Waals surface area contributed by atoms with Gasteiger partial charge in [-0.25, -0.2) is 36.1 Å². The van der Waals surface area contributed by atoms with Crippen LogP contribution in [0.25, 0.3) is 0 Å². The molecule has 1 heterocycles. The fourth-order valence-corrected chi connectivity index (χ4v) is 5.07. The van der Waals surface area contributed by atoms with Crippen LogP contribution in [-0.2, 0) is 21.3 Å². The van der Waals surface area contributed by atoms with Crippen molar-refractivity contribution in [1.82, 2.24) is 4.72 Å². The average Bonchev–Trinajstić information content (AvgIpc) is 3.46. The lowest BCUT2D eigenvalue weighted by molar-refractivity contribution is 0.262. The number of rotatable bonds is 8. The highest BCUT2D eigenvalue weighted by atomic mass is 32.2. The fraction of sp³-hybridized carbons (Fsp3) is 0.103. The van der Waals surface area contributed by atoms with Crippen molar-refractivity contribution in [3.63, 3.8) is 0 Å². The Labute approximate surface area is 233 Å². The number of anilines is 2. The van der Waals surface area contributed by atoms with Crippen molar-refractivity contribution in [2.24, 2.45) is 4.99 Å². The monoisotopic (exact) mass is 580 g/mol. The first-order chi connectivity index (χ1) is 19.7. The molecular weight excluding hydrogens is 557 g/mol. The van der Waals surface area contributed by atoms with Gasteiger partial charge in [0.1, 0.15) is 12.6 Å². The molecule has 1 atom stereocenters. The van der Waals surface area contributed by atoms with Crippen molar-refractivity contribution in [2.75, 3.05) is 17.2 Å². The molecule has 1 aliphatic heterocycles. The molecule has 0 spiro atoms. The normalized spacial score (nSPS) is 14.7. The van der Waals surface area contributed by atoms with Crippen LogP contribution in [0.4, 0.5) is 29.3 Å². The number of ether oxygens (including phenoxy) is 1. The number of urea groups is 1. The van der Waals surface area contributed by atoms with Crippen molar-refractivity contribution < 1.29 is 31.1 Å². The topological polar surface area (TPSA) is 109 Å². The summed E-state index contributed by atoms with van der Waals surface area (Å²) in [6.07, 6.45) is 0. The molecule has 8 nitrogen and oxygen atoms in total. The third kappa shape index (κ3) is 6.73. The van der Waals surface area contributed by atoms with E-state index in [1.807, 2.05) is 30.3 Å². The molecule has 2 amide bonds. The first-order valence-electron chi connectivity index (χ1n) is 12.3. The molecule has 5 rings (SSSR count). The summed E-state index contributed by atoms with van der Waals surface area (Å²) in [7, 11) is -4.06. The van der Waals surface area contributed by atoms with Crippen LogP contribution >= 0.6 is 0 Å². The van der Waals surface area contributed by atoms with Crippen LogP contribution in [0.15, 0.2) is 101 Å². The van der Waals surface area contributed by atoms with Crippen molar-refractivity contribution >= 4 is 33.3 Å². The van der Waals surface area contributed by atoms with E-state index in [1.165, 1.54) is 24.3 Å². The highest BCUT2D eigenvalue weighted by Gasteiger charge is 2.21. The third-order valence-corrected chi connectivity index (χ3v) is 7.57. The standard InChI is InChI=1S/C29H23F3N4O4S/c30-24-14-18(15-25(31)27(24)32)16-33-41(38,39)23-12-10-22(11-13-23)35-29(37)34-21-8-6-20(7-9-21)28-36-26(17-40-28)19-4-2-1-3-5-19/h1-15,26,33H,16-17H2,(H2,34,35,37)/t26-/m0/s1. The quantitative estimate of drug-likeness (QED) is 0.231. The van der Waals surface area contributed by atoms with Gasteiger partial charge in [0, 0.05) is 23.5 Å². The second kappa shape index (κ2) is 11.8. The number of aliphatic imine (C=N–C) groups is 1. The van der Waals surface area contributed by atoms with Gasteiger partial charge in [0.15, 0.2) is 17.5 Å². The van der Waals surface area contributed by atoms with Gasteiger partial charge in [-0.05, 0) is 71.8 Å². The van der Waals surface area contributed by atoms with E-state index in [0.29, 0.717) is 36.0 Å². The van der Waals surface area contributed by atoms with E-state index in [-0.39, 0.29) is 16.5 Å². The summed E-state index contributed by atoms with van der Waals surface area (Å²) in [5, 5.41) is 5.30. The van der Waals surface area contributed by atoms with Gasteiger partial charge in [0.05, 0.1) is 4.90 Å². The molecule has 0 bridgehead atoms. The molecule has 0 radical (unpaired) electrons. The van der Waals surface area contributed by atoms with Gasteiger partial charge < -0.3 is 15.4 Å². The maximum absolute atomic E-state index is 13.4. The van der Waals surface area contributed by atoms with Gasteiger partial charge in [0.25, 0.3) is 0 Å². The highest BCUT2D eigenvalue weighted by Crippen LogP contribution is 2.25. The number of nitrogens with zero attached hydrogens (tertiary/aromatic N) is 1. The SMILES string of the molecule is O=C(Nc1ccc(C2=N[C@H](c3ccccc3)CO2)cc1)Nc1ccc(S(=O)(=O)NCc2cc(F)c(F)c(F)c2)cc1. The molecule has 41 heavy (non-hydrogen) atoms. The fourth-order valence-electron chi connectivity index (χ4n) is 4.06. The van der Waals surface area contributed by atoms with Crippen molar-refractivity contribution in [3.05, 3.63) is 125 Å². The largest absolute Gasteiger partial charge is 0.475 e. The minimum atomic E-state index is -4.06. The summed E-state index contributed by atoms with van der Waals surface area (Å²) in [4.78, 5) is 16.9. The van der Waals surface area contributed by atoms with E-state index in [9.17, 15) is 26.4 Å². The van der Waals surface area contributed by atoms with Gasteiger partial charge in [-0.3, -0.25) is 0 Å². The third-order valence-electron chi connectivity index (χ3n) is 6.16. The summed E-state index contributed by atoms with van der Waals surface area (Å²) < 4.78 is 72.9. The Hall–Kier alpha value is -4.68. The molecular formula is C29H23F3N4O4S. The first-order valence-corrected chi connectivity index (χ1v) is 13.8. The van der Waals surface area contributed by atoms with Gasteiger partial charge in [-0.1, -0.05) is 30.3 Å². The van der Waals surface area contributed by atoms with Gasteiger partial charge in [-0.15, -0.1) is 0 Å². The van der Waals surface area contributed by atoms with Crippen molar-refractivity contribution in [2.45, 2.75) is 17.5 Å². The van der Waals surface area contributed by atoms with E-state index in [2.05, 4.69) is 20.3 Å². The Kier molecular flexibility index (Phi) is 8.04. The van der Waals surface area contributed by atoms with E-state index in [0.717, 1.165) is 11.1 Å². The minimum absolute atomic E-state index is 0.0733. The number of halogens is 3. The lowest BCUT2D eigenvalue weighted by Gasteiger charge is -2.10. The lowest BCUT2D eigenvalue weighted by Crippen LogP contribution is -2.23. The maximum Gasteiger partial charge on any atom is 0.323 e. The number of carbonyl (C=O) groups excluding carboxylic acids is 1. The molecule has 12 heteroatoms. The molecule has 210 valence electrons. The Balaban J connectivity index is 1.15. The summed E-state index contributed by atoms with van der Waals surface area (Å²) >= 11 is 0. The van der Waals surface area contributed by atoms with Crippen LogP contribution in [0.2, 0.25) is 0 Å². The Morgan fingerprint density at radius 2 is 1.44 bits per heavy atom. The molecule has 0 saturated heterocycles. The number of nitrogens with one attached hydrogen (secondary N) is 3. The van der Waals surface area contributed by atoms with E-state index in [1.54, 1.807) is 24.3 Å². The number of hydrogen-bond donors (Lipinski definition) is 3. The Morgan fingerprint density at radius 3 is 2.05 bits per heavy atom. The predicted octanol–water partition coefficient (Wildman–Crippen LogP) is 5.74. The van der Waals surface area contributed by atoms with Gasteiger partial charge >= 0.3 is 6.03 Å². The number of sulfonamides is 1. The molecule has 3 N–H and O–H groups in total. The van der Waals surface area contributed by atoms with E-state index >= 15 is 0 Å². The average molecular weight is 581 g/mol. The summed E-state index contributed by atoms with van der Waals surface area (Å²) in [5.41, 5.74) is 2.59. The molecule has 4 aromatic carbocycles. The molecule has 4 aromatic rings. The molecule has 0 aliphatic carbocycles. The van der Waals surface area contributed by atoms with Crippen LogP contribution in [0.5, 0.6) is 0 Å². The van der Waals surface area contributed by atoms with Crippen LogP contribution < -0.4 is 15.4 Å². The smallest absolute Gasteiger partial charge is 0.323 e. The number of hydrogen-bond acceptors (Lipinski definition) is 5. The summed E-state index contributed by atoms with van der Waals surface area (Å²) in [6.45, 7) is -0.00312. The number of amides is 2. The van der Waals surface area contributed by atoms with Crippen molar-refractivity contribution in [1.29, 1.82) is 0 Å². The van der Waals surface area contributed by atoms with E-state index < -0.39 is 40.1 Å². The second-order valence-corrected chi connectivity index (χ2v) is 10.8. The van der Waals surface area contributed by atoms with Crippen LogP contribution in [0, 0.1) is 17.5 Å². The zero-order valence-corrected chi connectivity index (χ0v) is 22.1. The van der Waals surface area contributed by atoms with Crippen molar-refractivity contribution in [3.8, 4) is 0 Å². The van der Waals surface area contributed by atoms with Crippen LogP contribution in [0.1, 0.15) is 22.7 Å². The number of benzene rings is 4. The van der Waals surface area contributed by atoms with Gasteiger partial charge in [-0.2, -0.15) is 0 Å². The van der Waals surface area contributed by atoms with Gasteiger partial charge in [0.2, 0.25) is 15.9 Å². The predicted molar refractivity (Wildman–Crippen MR) is 148 cm³/mol. The highest BCUT2D eigenvalue weighted by molar-refractivity contribution is 7.89. The second-order valence-electron chi connectivity index (χ2n) is 9.05. The molecule has 0 aromatic heterocycles. The van der Waals surface area contributed by atoms with Crippen LogP contribution in [0.3, 0.4) is 0 Å².